The third kappa shape index (κ3) is 3.43. The normalized spacial score (nSPS) is 10.8. The molecule has 0 amide bonds. The lowest BCUT2D eigenvalue weighted by atomic mass is 10.1. The Labute approximate surface area is 102 Å². The van der Waals surface area contributed by atoms with Gasteiger partial charge >= 0.3 is 5.97 Å². The van der Waals surface area contributed by atoms with E-state index in [0.29, 0.717) is 0 Å². The van der Waals surface area contributed by atoms with Crippen molar-refractivity contribution in [2.45, 2.75) is 26.3 Å². The van der Waals surface area contributed by atoms with Gasteiger partial charge in [0.2, 0.25) is 5.95 Å². The Hall–Kier alpha value is -1.63. The van der Waals surface area contributed by atoms with Crippen LogP contribution < -0.4 is 5.73 Å². The minimum Gasteiger partial charge on any atom is -0.466 e. The highest BCUT2D eigenvalue weighted by Gasteiger charge is 2.19. The predicted octanol–water partition coefficient (Wildman–Crippen LogP) is 1.72. The number of aromatic nitrogens is 1. The fourth-order valence-electron chi connectivity index (χ4n) is 1.44. The van der Waals surface area contributed by atoms with Crippen LogP contribution in [0.25, 0.3) is 0 Å². The van der Waals surface area contributed by atoms with Gasteiger partial charge in [-0.05, 0) is 18.6 Å². The molecular formula is C11H13F3N2O2. The molecule has 0 saturated carbocycles. The van der Waals surface area contributed by atoms with Crippen LogP contribution in [-0.2, 0) is 22.5 Å². The maximum absolute atomic E-state index is 13.2. The fourth-order valence-corrected chi connectivity index (χ4v) is 1.44. The van der Waals surface area contributed by atoms with Crippen molar-refractivity contribution in [1.29, 1.82) is 0 Å². The third-order valence-corrected chi connectivity index (χ3v) is 2.24. The van der Waals surface area contributed by atoms with Gasteiger partial charge in [0.25, 0.3) is 6.43 Å². The summed E-state index contributed by atoms with van der Waals surface area (Å²) >= 11 is 0. The van der Waals surface area contributed by atoms with Crippen LogP contribution in [0.15, 0.2) is 6.07 Å². The van der Waals surface area contributed by atoms with Crippen molar-refractivity contribution in [3.63, 3.8) is 0 Å². The van der Waals surface area contributed by atoms with Crippen molar-refractivity contribution in [1.82, 2.24) is 4.98 Å². The summed E-state index contributed by atoms with van der Waals surface area (Å²) in [5.41, 5.74) is 4.72. The molecule has 1 rings (SSSR count). The molecule has 0 aliphatic rings. The summed E-state index contributed by atoms with van der Waals surface area (Å²) in [6.07, 6.45) is -3.25. The van der Waals surface area contributed by atoms with E-state index < -0.39 is 23.9 Å². The summed E-state index contributed by atoms with van der Waals surface area (Å²) in [5, 5.41) is 0. The van der Waals surface area contributed by atoms with Gasteiger partial charge in [-0.25, -0.2) is 13.8 Å². The Balaban J connectivity index is 3.08. The van der Waals surface area contributed by atoms with Gasteiger partial charge in [0.1, 0.15) is 0 Å². The fraction of sp³-hybridized carbons (Fsp3) is 0.455. The first-order chi connectivity index (χ1) is 8.49. The number of halogens is 3. The second-order valence-electron chi connectivity index (χ2n) is 3.46. The van der Waals surface area contributed by atoms with Gasteiger partial charge in [0.05, 0.1) is 24.3 Å². The molecule has 2 N–H and O–H groups in total. The predicted molar refractivity (Wildman–Crippen MR) is 57.4 cm³/mol. The van der Waals surface area contributed by atoms with Gasteiger partial charge in [0.15, 0.2) is 0 Å². The SMILES string of the molecule is CCOC(=O)Cc1cc(C(F)F)c(F)nc1CN. The van der Waals surface area contributed by atoms with Gasteiger partial charge in [0, 0.05) is 6.54 Å². The van der Waals surface area contributed by atoms with Crippen LogP contribution in [0.3, 0.4) is 0 Å². The molecular weight excluding hydrogens is 249 g/mol. The Morgan fingerprint density at radius 3 is 2.72 bits per heavy atom. The summed E-state index contributed by atoms with van der Waals surface area (Å²) in [4.78, 5) is 14.6. The van der Waals surface area contributed by atoms with E-state index in [4.69, 9.17) is 5.73 Å². The van der Waals surface area contributed by atoms with Gasteiger partial charge in [-0.15, -0.1) is 0 Å². The molecule has 1 aromatic heterocycles. The monoisotopic (exact) mass is 262 g/mol. The van der Waals surface area contributed by atoms with Crippen LogP contribution in [0.4, 0.5) is 13.2 Å². The van der Waals surface area contributed by atoms with Crippen LogP contribution in [-0.4, -0.2) is 17.6 Å². The molecule has 0 atom stereocenters. The molecule has 1 aromatic rings. The standard InChI is InChI=1S/C11H13F3N2O2/c1-2-18-9(17)4-6-3-7(10(12)13)11(14)16-8(6)5-15/h3,10H,2,4-5,15H2,1H3. The topological polar surface area (TPSA) is 65.2 Å². The highest BCUT2D eigenvalue weighted by Crippen LogP contribution is 2.23. The molecule has 0 saturated heterocycles. The van der Waals surface area contributed by atoms with Crippen LogP contribution in [0.5, 0.6) is 0 Å². The lowest BCUT2D eigenvalue weighted by molar-refractivity contribution is -0.142. The van der Waals surface area contributed by atoms with Gasteiger partial charge in [-0.1, -0.05) is 0 Å². The van der Waals surface area contributed by atoms with E-state index in [1.807, 2.05) is 0 Å². The van der Waals surface area contributed by atoms with E-state index in [1.165, 1.54) is 0 Å². The summed E-state index contributed by atoms with van der Waals surface area (Å²) in [5.74, 6) is -1.86. The van der Waals surface area contributed by atoms with E-state index in [0.717, 1.165) is 6.07 Å². The number of carbonyl (C=O) groups excluding carboxylic acids is 1. The maximum atomic E-state index is 13.2. The number of rotatable bonds is 5. The van der Waals surface area contributed by atoms with Crippen molar-refractivity contribution in [2.75, 3.05) is 6.61 Å². The van der Waals surface area contributed by atoms with E-state index in [9.17, 15) is 18.0 Å². The van der Waals surface area contributed by atoms with Crippen molar-refractivity contribution in [3.8, 4) is 0 Å². The highest BCUT2D eigenvalue weighted by molar-refractivity contribution is 5.72. The Bertz CT molecular complexity index is 439. The molecule has 0 bridgehead atoms. The average Bonchev–Trinajstić information content (AvgIpc) is 2.30. The van der Waals surface area contributed by atoms with Crippen molar-refractivity contribution < 1.29 is 22.7 Å². The average molecular weight is 262 g/mol. The smallest absolute Gasteiger partial charge is 0.310 e. The summed E-state index contributed by atoms with van der Waals surface area (Å²) in [6, 6.07) is 0.909. The lowest BCUT2D eigenvalue weighted by Crippen LogP contribution is -2.14. The molecule has 100 valence electrons. The molecule has 0 spiro atoms. The zero-order chi connectivity index (χ0) is 13.7. The zero-order valence-corrected chi connectivity index (χ0v) is 9.75. The van der Waals surface area contributed by atoms with Crippen LogP contribution in [0.2, 0.25) is 0 Å². The second-order valence-corrected chi connectivity index (χ2v) is 3.46. The van der Waals surface area contributed by atoms with Crippen molar-refractivity contribution in [3.05, 3.63) is 28.8 Å². The van der Waals surface area contributed by atoms with E-state index in [1.54, 1.807) is 6.92 Å². The first-order valence-electron chi connectivity index (χ1n) is 5.31. The second kappa shape index (κ2) is 6.34. The van der Waals surface area contributed by atoms with Gasteiger partial charge < -0.3 is 10.5 Å². The quantitative estimate of drug-likeness (QED) is 0.648. The molecule has 18 heavy (non-hydrogen) atoms. The molecule has 1 heterocycles. The summed E-state index contributed by atoms with van der Waals surface area (Å²) in [6.45, 7) is 1.65. The molecule has 0 radical (unpaired) electrons. The van der Waals surface area contributed by atoms with Gasteiger partial charge in [-0.2, -0.15) is 4.39 Å². The van der Waals surface area contributed by atoms with Crippen LogP contribution in [0.1, 0.15) is 30.2 Å². The molecule has 0 aliphatic carbocycles. The van der Waals surface area contributed by atoms with E-state index in [-0.39, 0.29) is 30.8 Å². The highest BCUT2D eigenvalue weighted by atomic mass is 19.3. The van der Waals surface area contributed by atoms with Gasteiger partial charge in [-0.3, -0.25) is 4.79 Å². The Morgan fingerprint density at radius 1 is 1.56 bits per heavy atom. The van der Waals surface area contributed by atoms with E-state index in [2.05, 4.69) is 9.72 Å². The summed E-state index contributed by atoms with van der Waals surface area (Å²) in [7, 11) is 0. The number of nitrogens with two attached hydrogens (primary N) is 1. The molecule has 4 nitrogen and oxygen atoms in total. The number of alkyl halides is 2. The van der Waals surface area contributed by atoms with Crippen molar-refractivity contribution >= 4 is 5.97 Å². The molecule has 7 heteroatoms. The van der Waals surface area contributed by atoms with Crippen molar-refractivity contribution in [2.24, 2.45) is 5.73 Å². The van der Waals surface area contributed by atoms with E-state index >= 15 is 0 Å². The summed E-state index contributed by atoms with van der Waals surface area (Å²) < 4.78 is 42.9. The molecule has 0 unspecified atom stereocenters. The molecule has 0 aliphatic heterocycles. The number of ether oxygens (including phenoxy) is 1. The Morgan fingerprint density at radius 2 is 2.22 bits per heavy atom. The van der Waals surface area contributed by atoms with Crippen LogP contribution >= 0.6 is 0 Å². The molecule has 0 fully saturated rings. The first kappa shape index (κ1) is 14.4. The lowest BCUT2D eigenvalue weighted by Gasteiger charge is -2.10. The minimum absolute atomic E-state index is 0.0740. The maximum Gasteiger partial charge on any atom is 0.310 e. The number of hydrogen-bond acceptors (Lipinski definition) is 4. The number of esters is 1. The zero-order valence-electron chi connectivity index (χ0n) is 9.75. The molecule has 0 aromatic carbocycles. The number of hydrogen-bond donors (Lipinski definition) is 1. The largest absolute Gasteiger partial charge is 0.466 e. The van der Waals surface area contributed by atoms with Crippen LogP contribution in [0, 0.1) is 5.95 Å². The first-order valence-corrected chi connectivity index (χ1v) is 5.31. The Kier molecular flexibility index (Phi) is 5.08. The number of pyridine rings is 1. The number of carbonyl (C=O) groups is 1. The third-order valence-electron chi connectivity index (χ3n) is 2.24. The minimum atomic E-state index is -3.00. The number of nitrogens with zero attached hydrogens (tertiary/aromatic N) is 1.